The van der Waals surface area contributed by atoms with Gasteiger partial charge in [-0.05, 0) is 51.2 Å². The zero-order valence-corrected chi connectivity index (χ0v) is 12.5. The van der Waals surface area contributed by atoms with Crippen LogP contribution in [0.4, 0.5) is 0 Å². The Labute approximate surface area is 106 Å². The summed E-state index contributed by atoms with van der Waals surface area (Å²) in [5.74, 6) is 2.02. The average molecular weight is 246 g/mol. The van der Waals surface area contributed by atoms with Crippen LogP contribution in [0.1, 0.15) is 40.0 Å². The third-order valence-corrected chi connectivity index (χ3v) is 3.94. The molecule has 16 heavy (non-hydrogen) atoms. The lowest BCUT2D eigenvalue weighted by Gasteiger charge is -2.33. The van der Waals surface area contributed by atoms with Gasteiger partial charge in [0.15, 0.2) is 0 Å². The second-order valence-corrected chi connectivity index (χ2v) is 6.15. The average Bonchev–Trinajstić information content (AvgIpc) is 2.22. The van der Waals surface area contributed by atoms with E-state index in [0.29, 0.717) is 12.1 Å². The molecule has 3 heteroatoms. The van der Waals surface area contributed by atoms with Gasteiger partial charge in [0.1, 0.15) is 0 Å². The fourth-order valence-electron chi connectivity index (χ4n) is 2.16. The Morgan fingerprint density at radius 2 is 1.88 bits per heavy atom. The maximum Gasteiger partial charge on any atom is 0.0218 e. The minimum atomic E-state index is 0.556. The van der Waals surface area contributed by atoms with Crippen molar-refractivity contribution in [1.29, 1.82) is 0 Å². The van der Waals surface area contributed by atoms with Crippen molar-refractivity contribution in [3.05, 3.63) is 0 Å². The first-order valence-electron chi connectivity index (χ1n) is 6.43. The van der Waals surface area contributed by atoms with Crippen LogP contribution in [0, 0.1) is 5.92 Å². The van der Waals surface area contributed by atoms with E-state index in [2.05, 4.69) is 39.0 Å². The van der Waals surface area contributed by atoms with Crippen LogP contribution in [0.2, 0.25) is 0 Å². The van der Waals surface area contributed by atoms with Crippen molar-refractivity contribution >= 4 is 11.8 Å². The predicted molar refractivity (Wildman–Crippen MR) is 77.1 cm³/mol. The van der Waals surface area contributed by atoms with Crippen molar-refractivity contribution in [2.24, 2.45) is 11.7 Å². The van der Waals surface area contributed by atoms with E-state index in [0.717, 1.165) is 12.5 Å². The largest absolute Gasteiger partial charge is 0.329 e. The van der Waals surface area contributed by atoms with Crippen LogP contribution in [0.25, 0.3) is 0 Å². The minimum absolute atomic E-state index is 0.556. The smallest absolute Gasteiger partial charge is 0.0218 e. The van der Waals surface area contributed by atoms with Crippen LogP contribution in [0.15, 0.2) is 0 Å². The molecule has 0 aromatic heterocycles. The summed E-state index contributed by atoms with van der Waals surface area (Å²) in [7, 11) is 2.23. The summed E-state index contributed by atoms with van der Waals surface area (Å²) in [6.45, 7) is 7.68. The van der Waals surface area contributed by atoms with Gasteiger partial charge >= 0.3 is 0 Å². The van der Waals surface area contributed by atoms with Crippen molar-refractivity contribution in [2.75, 3.05) is 25.6 Å². The van der Waals surface area contributed by atoms with E-state index >= 15 is 0 Å². The quantitative estimate of drug-likeness (QED) is 0.634. The molecule has 0 aliphatic carbocycles. The number of hydrogen-bond donors (Lipinski definition) is 1. The molecule has 0 saturated heterocycles. The van der Waals surface area contributed by atoms with Crippen LogP contribution in [-0.2, 0) is 0 Å². The van der Waals surface area contributed by atoms with E-state index in [1.54, 1.807) is 0 Å². The summed E-state index contributed by atoms with van der Waals surface area (Å²) in [5.41, 5.74) is 5.88. The lowest BCUT2D eigenvalue weighted by Crippen LogP contribution is -2.43. The molecule has 0 aromatic rings. The minimum Gasteiger partial charge on any atom is -0.329 e. The van der Waals surface area contributed by atoms with Gasteiger partial charge in [0.25, 0.3) is 0 Å². The number of thioether (sulfide) groups is 1. The van der Waals surface area contributed by atoms with Crippen LogP contribution in [0.5, 0.6) is 0 Å². The molecule has 0 rings (SSSR count). The van der Waals surface area contributed by atoms with Crippen LogP contribution in [0.3, 0.4) is 0 Å². The van der Waals surface area contributed by atoms with E-state index in [-0.39, 0.29) is 0 Å². The fourth-order valence-corrected chi connectivity index (χ4v) is 2.61. The molecule has 0 radical (unpaired) electrons. The molecule has 2 N–H and O–H groups in total. The topological polar surface area (TPSA) is 29.3 Å². The highest BCUT2D eigenvalue weighted by Crippen LogP contribution is 2.15. The molecule has 0 aliphatic heterocycles. The Balaban J connectivity index is 4.02. The zero-order chi connectivity index (χ0) is 12.6. The van der Waals surface area contributed by atoms with Crippen LogP contribution in [-0.4, -0.2) is 42.6 Å². The van der Waals surface area contributed by atoms with Crippen molar-refractivity contribution in [3.63, 3.8) is 0 Å². The summed E-state index contributed by atoms with van der Waals surface area (Å²) in [6, 6.07) is 1.20. The first-order valence-corrected chi connectivity index (χ1v) is 7.83. The standard InChI is InChI=1S/C13H30N2S/c1-11(2)9-12(3)15(4)13(10-14)7-6-8-16-5/h11-13H,6-10,14H2,1-5H3. The third-order valence-electron chi connectivity index (χ3n) is 3.24. The summed E-state index contributed by atoms with van der Waals surface area (Å²) >= 11 is 1.93. The van der Waals surface area contributed by atoms with Gasteiger partial charge < -0.3 is 5.73 Å². The fraction of sp³-hybridized carbons (Fsp3) is 1.00. The molecular formula is C13H30N2S. The second kappa shape index (κ2) is 9.32. The molecule has 0 fully saturated rings. The molecule has 98 valence electrons. The highest BCUT2D eigenvalue weighted by molar-refractivity contribution is 7.98. The molecule has 0 heterocycles. The van der Waals surface area contributed by atoms with Crippen LogP contribution < -0.4 is 5.73 Å². The second-order valence-electron chi connectivity index (χ2n) is 5.17. The van der Waals surface area contributed by atoms with Gasteiger partial charge in [-0.1, -0.05) is 13.8 Å². The molecule has 0 bridgehead atoms. The van der Waals surface area contributed by atoms with Crippen molar-refractivity contribution < 1.29 is 0 Å². The van der Waals surface area contributed by atoms with Gasteiger partial charge in [-0.25, -0.2) is 0 Å². The first kappa shape index (κ1) is 16.3. The predicted octanol–water partition coefficient (Wildman–Crippen LogP) is 2.82. The summed E-state index contributed by atoms with van der Waals surface area (Å²) in [4.78, 5) is 2.47. The first-order chi connectivity index (χ1) is 7.52. The summed E-state index contributed by atoms with van der Waals surface area (Å²) < 4.78 is 0. The molecular weight excluding hydrogens is 216 g/mol. The highest BCUT2D eigenvalue weighted by Gasteiger charge is 2.18. The summed E-state index contributed by atoms with van der Waals surface area (Å²) in [5, 5.41) is 0. The van der Waals surface area contributed by atoms with Gasteiger partial charge in [-0.3, -0.25) is 4.90 Å². The van der Waals surface area contributed by atoms with Crippen molar-refractivity contribution in [1.82, 2.24) is 4.90 Å². The lowest BCUT2D eigenvalue weighted by molar-refractivity contribution is 0.160. The zero-order valence-electron chi connectivity index (χ0n) is 11.7. The lowest BCUT2D eigenvalue weighted by atomic mass is 10.0. The van der Waals surface area contributed by atoms with E-state index in [9.17, 15) is 0 Å². The van der Waals surface area contributed by atoms with E-state index in [4.69, 9.17) is 5.73 Å². The van der Waals surface area contributed by atoms with E-state index in [1.807, 2.05) is 11.8 Å². The third kappa shape index (κ3) is 6.77. The monoisotopic (exact) mass is 246 g/mol. The number of nitrogens with two attached hydrogens (primary N) is 1. The number of rotatable bonds is 9. The maximum atomic E-state index is 5.88. The molecule has 0 amide bonds. The Morgan fingerprint density at radius 3 is 2.31 bits per heavy atom. The normalized spacial score (nSPS) is 15.8. The SMILES string of the molecule is CSCCCC(CN)N(C)C(C)CC(C)C. The number of hydrogen-bond acceptors (Lipinski definition) is 3. The number of likely N-dealkylation sites (N-methyl/N-ethyl adjacent to an activating group) is 1. The maximum absolute atomic E-state index is 5.88. The van der Waals surface area contributed by atoms with Gasteiger partial charge in [-0.2, -0.15) is 11.8 Å². The molecule has 2 atom stereocenters. The van der Waals surface area contributed by atoms with Gasteiger partial charge in [0.2, 0.25) is 0 Å². The molecule has 0 aliphatic rings. The Hall–Kier alpha value is 0.270. The van der Waals surface area contributed by atoms with Crippen molar-refractivity contribution in [2.45, 2.75) is 52.1 Å². The molecule has 0 saturated carbocycles. The van der Waals surface area contributed by atoms with Crippen molar-refractivity contribution in [3.8, 4) is 0 Å². The van der Waals surface area contributed by atoms with Crippen LogP contribution >= 0.6 is 11.8 Å². The Morgan fingerprint density at radius 1 is 1.25 bits per heavy atom. The van der Waals surface area contributed by atoms with E-state index < -0.39 is 0 Å². The number of nitrogens with zero attached hydrogens (tertiary/aromatic N) is 1. The van der Waals surface area contributed by atoms with Gasteiger partial charge in [-0.15, -0.1) is 0 Å². The van der Waals surface area contributed by atoms with E-state index in [1.165, 1.54) is 25.0 Å². The Kier molecular flexibility index (Phi) is 9.47. The molecule has 0 aromatic carbocycles. The molecule has 2 unspecified atom stereocenters. The molecule has 0 spiro atoms. The highest BCUT2D eigenvalue weighted by atomic mass is 32.2. The summed E-state index contributed by atoms with van der Waals surface area (Å²) in [6.07, 6.45) is 5.94. The van der Waals surface area contributed by atoms with Gasteiger partial charge in [0, 0.05) is 18.6 Å². The molecule has 2 nitrogen and oxygen atoms in total. The Bertz CT molecular complexity index is 162. The van der Waals surface area contributed by atoms with Gasteiger partial charge in [0.05, 0.1) is 0 Å².